The molecule has 0 aliphatic carbocycles. The number of aromatic amines is 1. The van der Waals surface area contributed by atoms with Gasteiger partial charge in [0.05, 0.1) is 13.0 Å². The molecule has 2 N–H and O–H groups in total. The third-order valence-electron chi connectivity index (χ3n) is 4.45. The van der Waals surface area contributed by atoms with Gasteiger partial charge in [-0.05, 0) is 32.0 Å². The first kappa shape index (κ1) is 19.6. The number of aromatic nitrogens is 3. The quantitative estimate of drug-likeness (QED) is 0.682. The van der Waals surface area contributed by atoms with E-state index in [0.29, 0.717) is 27.6 Å². The van der Waals surface area contributed by atoms with Crippen molar-refractivity contribution in [2.24, 2.45) is 0 Å². The van der Waals surface area contributed by atoms with Crippen LogP contribution in [0.4, 0.5) is 5.69 Å². The number of benzene rings is 1. The van der Waals surface area contributed by atoms with Crippen molar-refractivity contribution in [3.63, 3.8) is 0 Å². The van der Waals surface area contributed by atoms with Crippen LogP contribution in [-0.2, 0) is 16.0 Å². The topological polar surface area (TPSA) is 99.6 Å². The number of aryl methyl sites for hydroxylation is 2. The van der Waals surface area contributed by atoms with Gasteiger partial charge >= 0.3 is 0 Å². The number of hydrogen-bond donors (Lipinski definition) is 2. The second-order valence-electron chi connectivity index (χ2n) is 6.56. The van der Waals surface area contributed by atoms with Gasteiger partial charge in [0.25, 0.3) is 5.56 Å². The zero-order valence-electron chi connectivity index (χ0n) is 15.7. The van der Waals surface area contributed by atoms with Crippen LogP contribution < -0.4 is 10.9 Å². The summed E-state index contributed by atoms with van der Waals surface area (Å²) in [6.45, 7) is 3.50. The molecule has 9 heteroatoms. The third kappa shape index (κ3) is 4.23. The molecule has 0 aliphatic heterocycles. The average Bonchev–Trinajstić information content (AvgIpc) is 2.98. The third-order valence-corrected chi connectivity index (χ3v) is 4.68. The molecule has 3 rings (SSSR count). The van der Waals surface area contributed by atoms with Gasteiger partial charge in [-0.25, -0.2) is 9.50 Å². The van der Waals surface area contributed by atoms with E-state index in [9.17, 15) is 14.4 Å². The Morgan fingerprint density at radius 2 is 2.04 bits per heavy atom. The minimum absolute atomic E-state index is 0.0712. The van der Waals surface area contributed by atoms with E-state index in [0.717, 1.165) is 5.69 Å². The fourth-order valence-electron chi connectivity index (χ4n) is 2.97. The fourth-order valence-corrected chi connectivity index (χ4v) is 3.16. The number of anilines is 1. The number of carbonyl (C=O) groups is 2. The summed E-state index contributed by atoms with van der Waals surface area (Å²) in [5.74, 6) is -0.557. The van der Waals surface area contributed by atoms with Crippen LogP contribution in [0.15, 0.2) is 35.1 Å². The smallest absolute Gasteiger partial charge is 0.266 e. The molecule has 0 bridgehead atoms. The first-order valence-electron chi connectivity index (χ1n) is 8.62. The Labute approximate surface area is 166 Å². The number of rotatable bonds is 5. The summed E-state index contributed by atoms with van der Waals surface area (Å²) in [5, 5.41) is 5.88. The summed E-state index contributed by atoms with van der Waals surface area (Å²) in [4.78, 5) is 42.1. The molecule has 2 heterocycles. The molecular weight excluding hydrogens is 382 g/mol. The van der Waals surface area contributed by atoms with Gasteiger partial charge in [0.2, 0.25) is 11.8 Å². The fraction of sp³-hybridized carbons (Fsp3) is 0.263. The molecule has 0 saturated carbocycles. The van der Waals surface area contributed by atoms with Crippen molar-refractivity contribution < 1.29 is 9.59 Å². The number of H-pyrrole nitrogens is 1. The summed E-state index contributed by atoms with van der Waals surface area (Å²) in [6.07, 6.45) is 0.0712. The van der Waals surface area contributed by atoms with E-state index in [1.54, 1.807) is 42.8 Å². The Bertz CT molecular complexity index is 1120. The molecule has 8 nitrogen and oxygen atoms in total. The highest BCUT2D eigenvalue weighted by Crippen LogP contribution is 2.16. The second kappa shape index (κ2) is 7.85. The maximum atomic E-state index is 12.6. The minimum atomic E-state index is -0.324. The van der Waals surface area contributed by atoms with Gasteiger partial charge in [-0.15, -0.1) is 0 Å². The van der Waals surface area contributed by atoms with E-state index in [2.05, 4.69) is 15.4 Å². The Kier molecular flexibility index (Phi) is 5.51. The van der Waals surface area contributed by atoms with Gasteiger partial charge in [0.1, 0.15) is 0 Å². The van der Waals surface area contributed by atoms with Crippen LogP contribution in [0.25, 0.3) is 5.65 Å². The largest absolute Gasteiger partial charge is 0.336 e. The Hall–Kier alpha value is -3.13. The molecule has 0 aliphatic rings. The molecule has 0 unspecified atom stereocenters. The van der Waals surface area contributed by atoms with Gasteiger partial charge in [0.15, 0.2) is 5.65 Å². The highest BCUT2D eigenvalue weighted by Gasteiger charge is 2.18. The molecule has 3 aromatic rings. The maximum Gasteiger partial charge on any atom is 0.266 e. The van der Waals surface area contributed by atoms with Crippen LogP contribution in [0.1, 0.15) is 17.0 Å². The van der Waals surface area contributed by atoms with Crippen molar-refractivity contribution >= 4 is 34.7 Å². The van der Waals surface area contributed by atoms with Gasteiger partial charge in [-0.3, -0.25) is 19.5 Å². The van der Waals surface area contributed by atoms with Crippen molar-refractivity contribution in [3.8, 4) is 0 Å². The number of halogens is 1. The Morgan fingerprint density at radius 3 is 2.75 bits per heavy atom. The van der Waals surface area contributed by atoms with Crippen LogP contribution >= 0.6 is 11.6 Å². The number of fused-ring (bicyclic) bond motifs is 1. The number of amides is 2. The molecule has 2 aromatic heterocycles. The molecule has 0 saturated heterocycles. The number of nitrogens with one attached hydrogen (secondary N) is 2. The first-order chi connectivity index (χ1) is 13.2. The van der Waals surface area contributed by atoms with Gasteiger partial charge in [0, 0.05) is 40.8 Å². The maximum absolute atomic E-state index is 12.6. The lowest BCUT2D eigenvalue weighted by Crippen LogP contribution is -2.36. The van der Waals surface area contributed by atoms with Crippen molar-refractivity contribution in [2.45, 2.75) is 20.3 Å². The average molecular weight is 402 g/mol. The number of hydrogen-bond acceptors (Lipinski definition) is 4. The molecular formula is C19H20ClN5O3. The summed E-state index contributed by atoms with van der Waals surface area (Å²) in [7, 11) is 1.56. The van der Waals surface area contributed by atoms with E-state index in [1.807, 2.05) is 6.92 Å². The lowest BCUT2D eigenvalue weighted by atomic mass is 10.1. The first-order valence-corrected chi connectivity index (χ1v) is 8.99. The molecule has 0 atom stereocenters. The van der Waals surface area contributed by atoms with Crippen LogP contribution in [0.5, 0.6) is 0 Å². The predicted octanol–water partition coefficient (Wildman–Crippen LogP) is 1.93. The summed E-state index contributed by atoms with van der Waals surface area (Å²) in [5.41, 5.74) is 2.93. The monoisotopic (exact) mass is 401 g/mol. The van der Waals surface area contributed by atoms with Crippen LogP contribution in [-0.4, -0.2) is 44.9 Å². The Balaban J connectivity index is 1.69. The van der Waals surface area contributed by atoms with Crippen LogP contribution in [0.2, 0.25) is 5.02 Å². The highest BCUT2D eigenvalue weighted by molar-refractivity contribution is 6.30. The normalized spacial score (nSPS) is 10.9. The SMILES string of the molecule is Cc1nc2cc(=O)[nH]n2c(C)c1CC(=O)N(C)CC(=O)Nc1cccc(Cl)c1. The van der Waals surface area contributed by atoms with Crippen LogP contribution in [0, 0.1) is 13.8 Å². The number of likely N-dealkylation sites (N-methyl/N-ethyl adjacent to an activating group) is 1. The molecule has 28 heavy (non-hydrogen) atoms. The minimum Gasteiger partial charge on any atom is -0.336 e. The standard InChI is InChI=1S/C19H20ClN5O3/c1-11-15(12(2)25-16(21-11)9-17(26)23-25)8-19(28)24(3)10-18(27)22-14-6-4-5-13(20)7-14/h4-7,9H,8,10H2,1-3H3,(H,22,27)(H,23,26). The molecule has 0 spiro atoms. The van der Waals surface area contributed by atoms with E-state index >= 15 is 0 Å². The zero-order chi connectivity index (χ0) is 20.4. The van der Waals surface area contributed by atoms with Gasteiger partial charge < -0.3 is 10.2 Å². The second-order valence-corrected chi connectivity index (χ2v) is 7.00. The van der Waals surface area contributed by atoms with E-state index in [-0.39, 0.29) is 30.3 Å². The van der Waals surface area contributed by atoms with Gasteiger partial charge in [-0.1, -0.05) is 17.7 Å². The van der Waals surface area contributed by atoms with E-state index in [1.165, 1.54) is 11.0 Å². The predicted molar refractivity (Wildman–Crippen MR) is 107 cm³/mol. The number of nitrogens with zero attached hydrogens (tertiary/aromatic N) is 3. The van der Waals surface area contributed by atoms with Gasteiger partial charge in [-0.2, -0.15) is 0 Å². The highest BCUT2D eigenvalue weighted by atomic mass is 35.5. The van der Waals surface area contributed by atoms with E-state index in [4.69, 9.17) is 11.6 Å². The molecule has 146 valence electrons. The lowest BCUT2D eigenvalue weighted by molar-refractivity contribution is -0.132. The summed E-state index contributed by atoms with van der Waals surface area (Å²) in [6, 6.07) is 8.19. The van der Waals surface area contributed by atoms with Crippen molar-refractivity contribution in [1.82, 2.24) is 19.5 Å². The molecule has 0 fully saturated rings. The lowest BCUT2D eigenvalue weighted by Gasteiger charge is -2.18. The van der Waals surface area contributed by atoms with Crippen molar-refractivity contribution in [2.75, 3.05) is 18.9 Å². The molecule has 2 amide bonds. The van der Waals surface area contributed by atoms with Crippen LogP contribution in [0.3, 0.4) is 0 Å². The van der Waals surface area contributed by atoms with Crippen molar-refractivity contribution in [1.29, 1.82) is 0 Å². The summed E-state index contributed by atoms with van der Waals surface area (Å²) >= 11 is 5.90. The molecule has 0 radical (unpaired) electrons. The van der Waals surface area contributed by atoms with E-state index < -0.39 is 0 Å². The summed E-state index contributed by atoms with van der Waals surface area (Å²) < 4.78 is 1.56. The molecule has 1 aromatic carbocycles. The van der Waals surface area contributed by atoms with Crippen molar-refractivity contribution in [3.05, 3.63) is 62.7 Å². The number of carbonyl (C=O) groups excluding carboxylic acids is 2. The zero-order valence-corrected chi connectivity index (χ0v) is 16.5. The Morgan fingerprint density at radius 1 is 1.29 bits per heavy atom.